The molecule has 0 aromatic heterocycles. The highest BCUT2D eigenvalue weighted by atomic mass is 16.6. The van der Waals surface area contributed by atoms with E-state index in [2.05, 4.69) is 9.47 Å². The Kier molecular flexibility index (Phi) is 4.32. The molecule has 1 rings (SSSR count). The quantitative estimate of drug-likeness (QED) is 0.775. The molecule has 1 N–H and O–H groups in total. The van der Waals surface area contributed by atoms with Crippen LogP contribution in [0.5, 0.6) is 5.75 Å². The molecule has 0 amide bonds. The zero-order valence-electron chi connectivity index (χ0n) is 8.80. The predicted octanol–water partition coefficient (Wildman–Crippen LogP) is 1.11. The van der Waals surface area contributed by atoms with Gasteiger partial charge in [0.05, 0.1) is 6.61 Å². The molecule has 0 atom stereocenters. The third-order valence-electron chi connectivity index (χ3n) is 1.75. The Morgan fingerprint density at radius 1 is 1.25 bits per heavy atom. The smallest absolute Gasteiger partial charge is 0.344 e. The fourth-order valence-electron chi connectivity index (χ4n) is 1.05. The van der Waals surface area contributed by atoms with E-state index < -0.39 is 18.5 Å². The van der Waals surface area contributed by atoms with Crippen LogP contribution in [0.25, 0.3) is 0 Å². The van der Waals surface area contributed by atoms with Gasteiger partial charge < -0.3 is 14.6 Å². The van der Waals surface area contributed by atoms with Gasteiger partial charge in [-0.3, -0.25) is 0 Å². The van der Waals surface area contributed by atoms with Crippen molar-refractivity contribution in [3.63, 3.8) is 0 Å². The molecule has 0 saturated heterocycles. The summed E-state index contributed by atoms with van der Waals surface area (Å²) in [4.78, 5) is 22.3. The van der Waals surface area contributed by atoms with Gasteiger partial charge in [-0.25, -0.2) is 9.59 Å². The third kappa shape index (κ3) is 3.27. The zero-order chi connectivity index (χ0) is 12.0. The van der Waals surface area contributed by atoms with E-state index in [4.69, 9.17) is 0 Å². The van der Waals surface area contributed by atoms with Gasteiger partial charge in [-0.2, -0.15) is 0 Å². The molecule has 0 bridgehead atoms. The first-order valence-electron chi connectivity index (χ1n) is 4.76. The number of hydrogen-bond donors (Lipinski definition) is 1. The van der Waals surface area contributed by atoms with E-state index in [9.17, 15) is 14.7 Å². The minimum Gasteiger partial charge on any atom is -0.507 e. The summed E-state index contributed by atoms with van der Waals surface area (Å²) < 4.78 is 9.23. The van der Waals surface area contributed by atoms with E-state index in [1.165, 1.54) is 12.1 Å². The van der Waals surface area contributed by atoms with E-state index in [1.54, 1.807) is 19.1 Å². The van der Waals surface area contributed by atoms with E-state index >= 15 is 0 Å². The summed E-state index contributed by atoms with van der Waals surface area (Å²) in [5, 5.41) is 9.33. The van der Waals surface area contributed by atoms with Gasteiger partial charge >= 0.3 is 11.9 Å². The highest BCUT2D eigenvalue weighted by Gasteiger charge is 2.13. The van der Waals surface area contributed by atoms with Crippen molar-refractivity contribution in [3.8, 4) is 5.75 Å². The summed E-state index contributed by atoms with van der Waals surface area (Å²) in [5.74, 6) is -1.56. The minimum atomic E-state index is -0.758. The van der Waals surface area contributed by atoms with Crippen LogP contribution in [0.2, 0.25) is 0 Å². The third-order valence-corrected chi connectivity index (χ3v) is 1.75. The second-order valence-electron chi connectivity index (χ2n) is 2.90. The molecule has 1 aromatic rings. The first-order valence-corrected chi connectivity index (χ1v) is 4.76. The Hall–Kier alpha value is -2.04. The van der Waals surface area contributed by atoms with Crippen LogP contribution >= 0.6 is 0 Å². The topological polar surface area (TPSA) is 72.8 Å². The van der Waals surface area contributed by atoms with Crippen LogP contribution in [-0.4, -0.2) is 30.3 Å². The van der Waals surface area contributed by atoms with Gasteiger partial charge in [-0.15, -0.1) is 0 Å². The van der Waals surface area contributed by atoms with Crippen molar-refractivity contribution in [2.24, 2.45) is 0 Å². The summed E-state index contributed by atoms with van der Waals surface area (Å²) in [6.45, 7) is 1.43. The molecule has 0 unspecified atom stereocenters. The minimum absolute atomic E-state index is 0.0202. The van der Waals surface area contributed by atoms with Crippen molar-refractivity contribution in [2.45, 2.75) is 6.92 Å². The molecule has 0 spiro atoms. The van der Waals surface area contributed by atoms with Crippen LogP contribution in [0, 0.1) is 0 Å². The van der Waals surface area contributed by atoms with Gasteiger partial charge in [0, 0.05) is 0 Å². The van der Waals surface area contributed by atoms with E-state index in [0.29, 0.717) is 0 Å². The molecular formula is C11H12O5. The van der Waals surface area contributed by atoms with Gasteiger partial charge in [0.15, 0.2) is 6.61 Å². The monoisotopic (exact) mass is 224 g/mol. The van der Waals surface area contributed by atoms with Crippen LogP contribution in [0.3, 0.4) is 0 Å². The number of carbonyl (C=O) groups excluding carboxylic acids is 2. The number of carbonyl (C=O) groups is 2. The van der Waals surface area contributed by atoms with Gasteiger partial charge in [-0.05, 0) is 19.1 Å². The molecule has 0 saturated carbocycles. The number of benzene rings is 1. The molecule has 0 aliphatic heterocycles. The number of hydrogen-bond acceptors (Lipinski definition) is 5. The molecule has 5 nitrogen and oxygen atoms in total. The second kappa shape index (κ2) is 5.75. The molecule has 0 radical (unpaired) electrons. The summed E-state index contributed by atoms with van der Waals surface area (Å²) >= 11 is 0. The molecule has 0 heterocycles. The lowest BCUT2D eigenvalue weighted by Crippen LogP contribution is -2.16. The molecule has 86 valence electrons. The van der Waals surface area contributed by atoms with E-state index in [0.717, 1.165) is 0 Å². The van der Waals surface area contributed by atoms with Crippen molar-refractivity contribution >= 4 is 11.9 Å². The lowest BCUT2D eigenvalue weighted by atomic mass is 10.2. The number of aromatic hydroxyl groups is 1. The standard InChI is InChI=1S/C11H12O5/c1-2-15-10(13)7-16-11(14)8-5-3-4-6-9(8)12/h3-6,12H,2,7H2,1H3. The normalized spacial score (nSPS) is 9.56. The van der Waals surface area contributed by atoms with Gasteiger partial charge in [0.25, 0.3) is 0 Å². The van der Waals surface area contributed by atoms with Gasteiger partial charge in [-0.1, -0.05) is 12.1 Å². The van der Waals surface area contributed by atoms with E-state index in [1.807, 2.05) is 0 Å². The van der Waals surface area contributed by atoms with Crippen LogP contribution in [0.4, 0.5) is 0 Å². The fourth-order valence-corrected chi connectivity index (χ4v) is 1.05. The van der Waals surface area contributed by atoms with Gasteiger partial charge in [0.2, 0.25) is 0 Å². The van der Waals surface area contributed by atoms with Crippen molar-refractivity contribution in [3.05, 3.63) is 29.8 Å². The largest absolute Gasteiger partial charge is 0.507 e. The Morgan fingerprint density at radius 3 is 2.56 bits per heavy atom. The lowest BCUT2D eigenvalue weighted by molar-refractivity contribution is -0.146. The van der Waals surface area contributed by atoms with Gasteiger partial charge in [0.1, 0.15) is 11.3 Å². The summed E-state index contributed by atoms with van der Waals surface area (Å²) in [6, 6.07) is 5.93. The second-order valence-corrected chi connectivity index (χ2v) is 2.90. The van der Waals surface area contributed by atoms with Crippen LogP contribution in [0.1, 0.15) is 17.3 Å². The Labute approximate surface area is 92.6 Å². The zero-order valence-corrected chi connectivity index (χ0v) is 8.80. The molecule has 0 fully saturated rings. The molecular weight excluding hydrogens is 212 g/mol. The maximum Gasteiger partial charge on any atom is 0.344 e. The molecule has 16 heavy (non-hydrogen) atoms. The molecule has 5 heteroatoms. The summed E-state index contributed by atoms with van der Waals surface area (Å²) in [6.07, 6.45) is 0. The number of phenolic OH excluding ortho intramolecular Hbond substituents is 1. The maximum absolute atomic E-state index is 11.4. The number of esters is 2. The number of ether oxygens (including phenoxy) is 2. The number of rotatable bonds is 4. The van der Waals surface area contributed by atoms with Crippen molar-refractivity contribution < 1.29 is 24.2 Å². The van der Waals surface area contributed by atoms with Crippen molar-refractivity contribution in [2.75, 3.05) is 13.2 Å². The Bertz CT molecular complexity index is 386. The molecule has 0 aliphatic rings. The first kappa shape index (κ1) is 12.0. The summed E-state index contributed by atoms with van der Waals surface area (Å²) in [5.41, 5.74) is 0.0202. The highest BCUT2D eigenvalue weighted by Crippen LogP contribution is 2.16. The average molecular weight is 224 g/mol. The van der Waals surface area contributed by atoms with E-state index in [-0.39, 0.29) is 17.9 Å². The Balaban J connectivity index is 2.54. The van der Waals surface area contributed by atoms with Crippen LogP contribution in [0.15, 0.2) is 24.3 Å². The SMILES string of the molecule is CCOC(=O)COC(=O)c1ccccc1O. The first-order chi connectivity index (χ1) is 7.65. The average Bonchev–Trinajstić information content (AvgIpc) is 2.27. The lowest BCUT2D eigenvalue weighted by Gasteiger charge is -2.05. The van der Waals surface area contributed by atoms with Crippen molar-refractivity contribution in [1.29, 1.82) is 0 Å². The fraction of sp³-hybridized carbons (Fsp3) is 0.273. The van der Waals surface area contributed by atoms with Crippen LogP contribution in [-0.2, 0) is 14.3 Å². The maximum atomic E-state index is 11.4. The molecule has 0 aliphatic carbocycles. The highest BCUT2D eigenvalue weighted by molar-refractivity contribution is 5.93. The number of para-hydroxylation sites is 1. The van der Waals surface area contributed by atoms with Crippen LogP contribution < -0.4 is 0 Å². The molecule has 1 aromatic carbocycles. The summed E-state index contributed by atoms with van der Waals surface area (Å²) in [7, 11) is 0. The predicted molar refractivity (Wildman–Crippen MR) is 55.0 cm³/mol. The Morgan fingerprint density at radius 2 is 1.94 bits per heavy atom. The van der Waals surface area contributed by atoms with Crippen molar-refractivity contribution in [1.82, 2.24) is 0 Å². The number of phenols is 1.